The van der Waals surface area contributed by atoms with E-state index in [4.69, 9.17) is 26.4 Å². The fraction of sp³-hybridized carbons (Fsp3) is 0.333. The third-order valence-corrected chi connectivity index (χ3v) is 2.02. The van der Waals surface area contributed by atoms with Gasteiger partial charge in [-0.2, -0.15) is 0 Å². The van der Waals surface area contributed by atoms with Crippen LogP contribution >= 0.6 is 11.6 Å². The molecule has 2 N–H and O–H groups in total. The van der Waals surface area contributed by atoms with E-state index in [9.17, 15) is 0 Å². The molecule has 0 heterocycles. The molecule has 0 aliphatic rings. The molecule has 0 spiro atoms. The summed E-state index contributed by atoms with van der Waals surface area (Å²) in [6.07, 6.45) is 0.839. The predicted molar refractivity (Wildman–Crippen MR) is 57.1 cm³/mol. The summed E-state index contributed by atoms with van der Waals surface area (Å²) < 4.78 is 5.33. The molecule has 0 atom stereocenters. The number of benzene rings is 1. The lowest BCUT2D eigenvalue weighted by atomic mass is 9.79. The van der Waals surface area contributed by atoms with Crippen LogP contribution in [0.2, 0.25) is 5.02 Å². The summed E-state index contributed by atoms with van der Waals surface area (Å²) in [5.74, 6) is 0.353. The SMILES string of the molecule is CCCOc1c(Cl)cccc1B(O)O. The molecule has 0 aliphatic heterocycles. The first-order chi connectivity index (χ1) is 6.66. The number of hydrogen-bond acceptors (Lipinski definition) is 3. The Balaban J connectivity index is 2.96. The first-order valence-electron chi connectivity index (χ1n) is 4.44. The van der Waals surface area contributed by atoms with Crippen molar-refractivity contribution in [2.24, 2.45) is 0 Å². The molecule has 0 saturated carbocycles. The lowest BCUT2D eigenvalue weighted by Gasteiger charge is -2.11. The molecule has 14 heavy (non-hydrogen) atoms. The second-order valence-electron chi connectivity index (χ2n) is 2.88. The van der Waals surface area contributed by atoms with E-state index in [2.05, 4.69) is 0 Å². The van der Waals surface area contributed by atoms with Gasteiger partial charge in [0.15, 0.2) is 0 Å². The average Bonchev–Trinajstić information content (AvgIpc) is 2.15. The van der Waals surface area contributed by atoms with Crippen molar-refractivity contribution in [2.45, 2.75) is 13.3 Å². The van der Waals surface area contributed by atoms with Gasteiger partial charge in [-0.15, -0.1) is 0 Å². The lowest BCUT2D eigenvalue weighted by Crippen LogP contribution is -2.31. The lowest BCUT2D eigenvalue weighted by molar-refractivity contribution is 0.318. The van der Waals surface area contributed by atoms with E-state index in [0.29, 0.717) is 22.8 Å². The molecule has 76 valence electrons. The van der Waals surface area contributed by atoms with Gasteiger partial charge in [0.1, 0.15) is 5.75 Å². The molecular formula is C9H12BClO3. The van der Waals surface area contributed by atoms with Gasteiger partial charge >= 0.3 is 7.12 Å². The maximum atomic E-state index is 9.05. The molecule has 0 radical (unpaired) electrons. The molecule has 0 amide bonds. The highest BCUT2D eigenvalue weighted by Crippen LogP contribution is 2.21. The van der Waals surface area contributed by atoms with E-state index in [1.54, 1.807) is 18.2 Å². The first-order valence-corrected chi connectivity index (χ1v) is 4.82. The number of ether oxygens (including phenoxy) is 1. The fourth-order valence-electron chi connectivity index (χ4n) is 1.09. The minimum atomic E-state index is -1.56. The molecule has 0 aliphatic carbocycles. The second kappa shape index (κ2) is 5.24. The second-order valence-corrected chi connectivity index (χ2v) is 3.29. The summed E-state index contributed by atoms with van der Waals surface area (Å²) in [5, 5.41) is 18.5. The van der Waals surface area contributed by atoms with Gasteiger partial charge in [-0.1, -0.05) is 30.7 Å². The van der Waals surface area contributed by atoms with Gasteiger partial charge in [-0.3, -0.25) is 0 Å². The maximum absolute atomic E-state index is 9.05. The number of para-hydroxylation sites is 1. The van der Waals surface area contributed by atoms with Gasteiger partial charge in [0, 0.05) is 5.46 Å². The van der Waals surface area contributed by atoms with Crippen LogP contribution in [0.3, 0.4) is 0 Å². The standard InChI is InChI=1S/C9H12BClO3/c1-2-6-14-9-7(10(12)13)4-3-5-8(9)11/h3-5,12-13H,2,6H2,1H3. The van der Waals surface area contributed by atoms with Crippen LogP contribution in [0, 0.1) is 0 Å². The Morgan fingerprint density at radius 3 is 2.71 bits per heavy atom. The number of rotatable bonds is 4. The van der Waals surface area contributed by atoms with Crippen molar-refractivity contribution in [3.05, 3.63) is 23.2 Å². The van der Waals surface area contributed by atoms with E-state index in [1.807, 2.05) is 6.92 Å². The zero-order chi connectivity index (χ0) is 10.6. The largest absolute Gasteiger partial charge is 0.492 e. The van der Waals surface area contributed by atoms with Crippen LogP contribution in [0.15, 0.2) is 18.2 Å². The highest BCUT2D eigenvalue weighted by Gasteiger charge is 2.18. The summed E-state index contributed by atoms with van der Waals surface area (Å²) >= 11 is 5.86. The zero-order valence-electron chi connectivity index (χ0n) is 7.90. The highest BCUT2D eigenvalue weighted by atomic mass is 35.5. The van der Waals surface area contributed by atoms with Crippen LogP contribution < -0.4 is 10.2 Å². The molecular weight excluding hydrogens is 202 g/mol. The van der Waals surface area contributed by atoms with E-state index in [1.165, 1.54) is 0 Å². The van der Waals surface area contributed by atoms with E-state index in [-0.39, 0.29) is 0 Å². The quantitative estimate of drug-likeness (QED) is 0.729. The molecule has 0 saturated heterocycles. The molecule has 1 aromatic carbocycles. The third kappa shape index (κ3) is 2.64. The van der Waals surface area contributed by atoms with E-state index >= 15 is 0 Å². The van der Waals surface area contributed by atoms with Crippen LogP contribution in [-0.4, -0.2) is 23.8 Å². The Morgan fingerprint density at radius 2 is 2.14 bits per heavy atom. The van der Waals surface area contributed by atoms with Crippen molar-refractivity contribution in [3.8, 4) is 5.75 Å². The van der Waals surface area contributed by atoms with Crippen molar-refractivity contribution < 1.29 is 14.8 Å². The van der Waals surface area contributed by atoms with Crippen molar-refractivity contribution >= 4 is 24.2 Å². The van der Waals surface area contributed by atoms with Crippen LogP contribution in [0.5, 0.6) is 5.75 Å². The van der Waals surface area contributed by atoms with Crippen LogP contribution in [-0.2, 0) is 0 Å². The minimum absolute atomic E-state index is 0.297. The molecule has 5 heteroatoms. The molecule has 0 bridgehead atoms. The zero-order valence-corrected chi connectivity index (χ0v) is 8.66. The third-order valence-electron chi connectivity index (χ3n) is 1.73. The molecule has 1 aromatic rings. The van der Waals surface area contributed by atoms with Gasteiger partial charge in [-0.05, 0) is 12.5 Å². The van der Waals surface area contributed by atoms with Crippen molar-refractivity contribution in [1.82, 2.24) is 0 Å². The smallest absolute Gasteiger partial charge is 0.492 e. The Labute approximate surface area is 88.4 Å². The van der Waals surface area contributed by atoms with Crippen LogP contribution in [0.25, 0.3) is 0 Å². The Bertz CT molecular complexity index is 304. The normalized spacial score (nSPS) is 10.0. The van der Waals surface area contributed by atoms with Gasteiger partial charge in [0.2, 0.25) is 0 Å². The highest BCUT2D eigenvalue weighted by molar-refractivity contribution is 6.60. The molecule has 0 aromatic heterocycles. The number of halogens is 1. The molecule has 3 nitrogen and oxygen atoms in total. The summed E-state index contributed by atoms with van der Waals surface area (Å²) in [7, 11) is -1.56. The summed E-state index contributed by atoms with van der Waals surface area (Å²) in [6.45, 7) is 2.47. The minimum Gasteiger partial charge on any atom is -0.492 e. The van der Waals surface area contributed by atoms with Gasteiger partial charge < -0.3 is 14.8 Å². The van der Waals surface area contributed by atoms with Gasteiger partial charge in [0.25, 0.3) is 0 Å². The predicted octanol–water partition coefficient (Wildman–Crippen LogP) is 0.809. The van der Waals surface area contributed by atoms with E-state index < -0.39 is 7.12 Å². The van der Waals surface area contributed by atoms with Crippen LogP contribution in [0.4, 0.5) is 0 Å². The summed E-state index contributed by atoms with van der Waals surface area (Å²) in [4.78, 5) is 0. The molecule has 0 unspecified atom stereocenters. The monoisotopic (exact) mass is 214 g/mol. The Hall–Kier alpha value is -0.705. The number of hydrogen-bond donors (Lipinski definition) is 2. The van der Waals surface area contributed by atoms with Crippen molar-refractivity contribution in [2.75, 3.05) is 6.61 Å². The molecule has 0 fully saturated rings. The first kappa shape index (κ1) is 11.4. The average molecular weight is 214 g/mol. The fourth-order valence-corrected chi connectivity index (χ4v) is 1.32. The summed E-state index contributed by atoms with van der Waals surface area (Å²) in [5.41, 5.74) is 0.297. The van der Waals surface area contributed by atoms with Crippen molar-refractivity contribution in [3.63, 3.8) is 0 Å². The van der Waals surface area contributed by atoms with Gasteiger partial charge in [0.05, 0.1) is 11.6 Å². The Kier molecular flexibility index (Phi) is 4.26. The maximum Gasteiger partial charge on any atom is 0.492 e. The molecule has 1 rings (SSSR count). The van der Waals surface area contributed by atoms with Crippen molar-refractivity contribution in [1.29, 1.82) is 0 Å². The van der Waals surface area contributed by atoms with Crippen LogP contribution in [0.1, 0.15) is 13.3 Å². The summed E-state index contributed by atoms with van der Waals surface area (Å²) in [6, 6.07) is 4.87. The van der Waals surface area contributed by atoms with E-state index in [0.717, 1.165) is 6.42 Å². The van der Waals surface area contributed by atoms with Gasteiger partial charge in [-0.25, -0.2) is 0 Å². The topological polar surface area (TPSA) is 49.7 Å². The Morgan fingerprint density at radius 1 is 1.43 bits per heavy atom.